The van der Waals surface area contributed by atoms with Gasteiger partial charge in [-0.2, -0.15) is 0 Å². The molecule has 2 aliphatic carbocycles. The van der Waals surface area contributed by atoms with Crippen molar-refractivity contribution in [3.63, 3.8) is 0 Å². The minimum atomic E-state index is -3.72. The van der Waals surface area contributed by atoms with E-state index in [-0.39, 0.29) is 28.1 Å². The van der Waals surface area contributed by atoms with E-state index in [1.54, 1.807) is 12.1 Å². The third-order valence-corrected chi connectivity index (χ3v) is 7.72. The first kappa shape index (κ1) is 22.1. The molecule has 29 heavy (non-hydrogen) atoms. The van der Waals surface area contributed by atoms with Crippen LogP contribution in [-0.2, 0) is 10.0 Å². The zero-order valence-corrected chi connectivity index (χ0v) is 18.5. The number of carbonyl (C=O) groups excluding carboxylic acids is 1. The van der Waals surface area contributed by atoms with Crippen LogP contribution < -0.4 is 14.8 Å². The molecule has 7 nitrogen and oxygen atoms in total. The number of ether oxygens (including phenoxy) is 1. The largest absolute Gasteiger partial charge is 0.495 e. The summed E-state index contributed by atoms with van der Waals surface area (Å²) in [6.07, 6.45) is 8.57. The van der Waals surface area contributed by atoms with Gasteiger partial charge in [-0.1, -0.05) is 25.7 Å². The van der Waals surface area contributed by atoms with E-state index >= 15 is 0 Å². The predicted octanol–water partition coefficient (Wildman–Crippen LogP) is 2.52. The number of hydrogen-bond acceptors (Lipinski definition) is 5. The van der Waals surface area contributed by atoms with Crippen molar-refractivity contribution in [3.05, 3.63) is 23.8 Å². The van der Waals surface area contributed by atoms with Gasteiger partial charge in [-0.15, -0.1) is 0 Å². The summed E-state index contributed by atoms with van der Waals surface area (Å²) in [4.78, 5) is 15.1. The highest BCUT2D eigenvalue weighted by atomic mass is 32.2. The Morgan fingerprint density at radius 1 is 1.17 bits per heavy atom. The summed E-state index contributed by atoms with van der Waals surface area (Å²) >= 11 is 0. The van der Waals surface area contributed by atoms with Crippen molar-refractivity contribution < 1.29 is 17.9 Å². The Morgan fingerprint density at radius 2 is 1.83 bits per heavy atom. The van der Waals surface area contributed by atoms with E-state index in [9.17, 15) is 13.2 Å². The molecule has 0 radical (unpaired) electrons. The van der Waals surface area contributed by atoms with Gasteiger partial charge in [-0.25, -0.2) is 13.1 Å². The smallest absolute Gasteiger partial charge is 0.251 e. The van der Waals surface area contributed by atoms with E-state index in [1.807, 2.05) is 0 Å². The third-order valence-electron chi connectivity index (χ3n) is 6.18. The standard InChI is InChI=1S/C21H33N3O4S/c1-24(2)21(12-6-4-5-7-13-21)15-22-20(25)16-8-11-18(28-3)19(14-16)29(26,27)23-17-9-10-17/h8,11,14,17,23H,4-7,9-10,12-13,15H2,1-3H3,(H,22,25). The minimum absolute atomic E-state index is 0.0105. The average molecular weight is 424 g/mol. The zero-order valence-electron chi connectivity index (χ0n) is 17.7. The van der Waals surface area contributed by atoms with Gasteiger partial charge in [0, 0.05) is 23.7 Å². The first-order chi connectivity index (χ1) is 13.8. The number of sulfonamides is 1. The van der Waals surface area contributed by atoms with Crippen LogP contribution in [0, 0.1) is 0 Å². The molecule has 0 aromatic heterocycles. The van der Waals surface area contributed by atoms with Crippen LogP contribution in [0.5, 0.6) is 5.75 Å². The lowest BCUT2D eigenvalue weighted by Crippen LogP contribution is -2.52. The molecule has 2 fully saturated rings. The number of hydrogen-bond donors (Lipinski definition) is 2. The second-order valence-electron chi connectivity index (χ2n) is 8.48. The van der Waals surface area contributed by atoms with Gasteiger partial charge in [-0.05, 0) is 58.0 Å². The SMILES string of the molecule is COc1ccc(C(=O)NCC2(N(C)C)CCCCCC2)cc1S(=O)(=O)NC1CC1. The number of nitrogens with one attached hydrogen (secondary N) is 2. The van der Waals surface area contributed by atoms with E-state index in [0.29, 0.717) is 12.1 Å². The van der Waals surface area contributed by atoms with E-state index in [1.165, 1.54) is 26.0 Å². The highest BCUT2D eigenvalue weighted by molar-refractivity contribution is 7.89. The van der Waals surface area contributed by atoms with Gasteiger partial charge in [-0.3, -0.25) is 4.79 Å². The molecule has 8 heteroatoms. The molecule has 1 amide bonds. The number of methoxy groups -OCH3 is 1. The van der Waals surface area contributed by atoms with Crippen LogP contribution in [0.3, 0.4) is 0 Å². The molecule has 2 N–H and O–H groups in total. The highest BCUT2D eigenvalue weighted by Crippen LogP contribution is 2.31. The average Bonchev–Trinajstić information content (AvgIpc) is 3.52. The molecule has 0 aliphatic heterocycles. The maximum Gasteiger partial charge on any atom is 0.251 e. The van der Waals surface area contributed by atoms with Crippen LogP contribution in [0.15, 0.2) is 23.1 Å². The maximum absolute atomic E-state index is 12.9. The number of likely N-dealkylation sites (N-methyl/N-ethyl adjacent to an activating group) is 1. The van der Waals surface area contributed by atoms with Crippen molar-refractivity contribution in [2.45, 2.75) is 67.8 Å². The molecule has 2 aliphatic rings. The van der Waals surface area contributed by atoms with E-state index in [0.717, 1.165) is 38.5 Å². The van der Waals surface area contributed by atoms with E-state index in [4.69, 9.17) is 4.74 Å². The van der Waals surface area contributed by atoms with Crippen molar-refractivity contribution in [1.29, 1.82) is 0 Å². The summed E-state index contributed by atoms with van der Waals surface area (Å²) in [5.41, 5.74) is 0.269. The number of rotatable bonds is 8. The monoisotopic (exact) mass is 423 g/mol. The van der Waals surface area contributed by atoms with Crippen LogP contribution in [-0.4, -0.2) is 58.6 Å². The minimum Gasteiger partial charge on any atom is -0.495 e. The molecular weight excluding hydrogens is 390 g/mol. The van der Waals surface area contributed by atoms with Gasteiger partial charge in [0.15, 0.2) is 0 Å². The second-order valence-corrected chi connectivity index (χ2v) is 10.2. The quantitative estimate of drug-likeness (QED) is 0.628. The third kappa shape index (κ3) is 5.29. The lowest BCUT2D eigenvalue weighted by atomic mass is 9.88. The molecule has 1 aromatic carbocycles. The van der Waals surface area contributed by atoms with Crippen LogP contribution in [0.1, 0.15) is 61.7 Å². The summed E-state index contributed by atoms with van der Waals surface area (Å²) in [6, 6.07) is 4.55. The number of nitrogens with zero attached hydrogens (tertiary/aromatic N) is 1. The van der Waals surface area contributed by atoms with E-state index < -0.39 is 10.0 Å². The summed E-state index contributed by atoms with van der Waals surface area (Å²) in [6.45, 7) is 0.549. The summed E-state index contributed by atoms with van der Waals surface area (Å²) < 4.78 is 33.3. The Kier molecular flexibility index (Phi) is 6.86. The molecule has 0 spiro atoms. The molecule has 0 atom stereocenters. The Bertz CT molecular complexity index is 826. The molecule has 0 heterocycles. The summed E-state index contributed by atoms with van der Waals surface area (Å²) in [7, 11) is 1.84. The summed E-state index contributed by atoms with van der Waals surface area (Å²) in [5, 5.41) is 3.05. The lowest BCUT2D eigenvalue weighted by Gasteiger charge is -2.39. The van der Waals surface area contributed by atoms with Gasteiger partial charge < -0.3 is 15.0 Å². The van der Waals surface area contributed by atoms with Crippen LogP contribution >= 0.6 is 0 Å². The molecule has 0 saturated heterocycles. The number of benzene rings is 1. The van der Waals surface area contributed by atoms with Gasteiger partial charge in [0.05, 0.1) is 7.11 Å². The molecule has 3 rings (SSSR count). The fourth-order valence-electron chi connectivity index (χ4n) is 4.03. The number of carbonyl (C=O) groups is 1. The maximum atomic E-state index is 12.9. The zero-order chi connectivity index (χ0) is 21.1. The molecule has 0 bridgehead atoms. The Balaban J connectivity index is 1.77. The Morgan fingerprint density at radius 3 is 2.38 bits per heavy atom. The summed E-state index contributed by atoms with van der Waals surface area (Å²) in [5.74, 6) is -0.0239. The lowest BCUT2D eigenvalue weighted by molar-refractivity contribution is 0.0869. The van der Waals surface area contributed by atoms with Gasteiger partial charge >= 0.3 is 0 Å². The predicted molar refractivity (Wildman–Crippen MR) is 113 cm³/mol. The molecular formula is C21H33N3O4S. The highest BCUT2D eigenvalue weighted by Gasteiger charge is 2.34. The van der Waals surface area contributed by atoms with Crippen LogP contribution in [0.2, 0.25) is 0 Å². The van der Waals surface area contributed by atoms with Gasteiger partial charge in [0.2, 0.25) is 10.0 Å². The number of amides is 1. The Hall–Kier alpha value is -1.64. The van der Waals surface area contributed by atoms with Crippen molar-refractivity contribution in [3.8, 4) is 5.75 Å². The van der Waals surface area contributed by atoms with Crippen LogP contribution in [0.4, 0.5) is 0 Å². The first-order valence-corrected chi connectivity index (χ1v) is 11.9. The van der Waals surface area contributed by atoms with Crippen LogP contribution in [0.25, 0.3) is 0 Å². The second kappa shape index (κ2) is 9.02. The topological polar surface area (TPSA) is 87.7 Å². The van der Waals surface area contributed by atoms with Crippen molar-refractivity contribution >= 4 is 15.9 Å². The Labute approximate surface area is 174 Å². The fraction of sp³-hybridized carbons (Fsp3) is 0.667. The molecule has 2 saturated carbocycles. The van der Waals surface area contributed by atoms with Crippen molar-refractivity contribution in [1.82, 2.24) is 14.9 Å². The van der Waals surface area contributed by atoms with Gasteiger partial charge in [0.25, 0.3) is 5.91 Å². The van der Waals surface area contributed by atoms with Gasteiger partial charge in [0.1, 0.15) is 10.6 Å². The van der Waals surface area contributed by atoms with Crippen molar-refractivity contribution in [2.24, 2.45) is 0 Å². The molecule has 162 valence electrons. The molecule has 1 aromatic rings. The molecule has 0 unspecified atom stereocenters. The van der Waals surface area contributed by atoms with E-state index in [2.05, 4.69) is 29.0 Å². The normalized spacial score (nSPS) is 19.6. The fourth-order valence-corrected chi connectivity index (χ4v) is 5.53. The first-order valence-electron chi connectivity index (χ1n) is 10.4. The van der Waals surface area contributed by atoms with Crippen molar-refractivity contribution in [2.75, 3.05) is 27.7 Å².